The minimum atomic E-state index is -0.166. The highest BCUT2D eigenvalue weighted by atomic mass is 19.1. The Bertz CT molecular complexity index is 523. The predicted octanol–water partition coefficient (Wildman–Crippen LogP) is 0.555. The van der Waals surface area contributed by atoms with Crippen molar-refractivity contribution in [3.63, 3.8) is 0 Å². The van der Waals surface area contributed by atoms with E-state index in [2.05, 4.69) is 38.4 Å². The zero-order chi connectivity index (χ0) is 15.1. The molecule has 2 nitrogen and oxygen atoms in total. The van der Waals surface area contributed by atoms with E-state index < -0.39 is 0 Å². The van der Waals surface area contributed by atoms with Crippen molar-refractivity contribution in [3.05, 3.63) is 71.5 Å². The lowest BCUT2D eigenvalue weighted by Gasteiger charge is -2.20. The molecule has 1 atom stereocenters. The van der Waals surface area contributed by atoms with Gasteiger partial charge in [-0.25, -0.2) is 4.39 Å². The van der Waals surface area contributed by atoms with Crippen molar-refractivity contribution in [2.75, 3.05) is 27.2 Å². The van der Waals surface area contributed by atoms with Gasteiger partial charge in [-0.1, -0.05) is 42.5 Å². The Labute approximate surface area is 126 Å². The smallest absolute Gasteiger partial charge is 0.127 e. The van der Waals surface area contributed by atoms with Gasteiger partial charge in [0.2, 0.25) is 0 Å². The van der Waals surface area contributed by atoms with Gasteiger partial charge in [-0.15, -0.1) is 0 Å². The summed E-state index contributed by atoms with van der Waals surface area (Å²) < 4.78 is 13.0. The van der Waals surface area contributed by atoms with Crippen molar-refractivity contribution in [2.24, 2.45) is 0 Å². The molecular weight excluding hydrogens is 263 g/mol. The lowest BCUT2D eigenvalue weighted by molar-refractivity contribution is -0.960. The van der Waals surface area contributed by atoms with Crippen LogP contribution >= 0.6 is 0 Å². The number of likely N-dealkylation sites (N-methyl/N-ethyl adjacent to an activating group) is 1. The highest BCUT2D eigenvalue weighted by Gasteiger charge is 2.12. The largest absolute Gasteiger partial charge is 0.335 e. The summed E-state index contributed by atoms with van der Waals surface area (Å²) in [7, 11) is 4.36. The molecule has 2 aromatic rings. The summed E-state index contributed by atoms with van der Waals surface area (Å²) in [5, 5.41) is 0. The third kappa shape index (κ3) is 5.66. The van der Waals surface area contributed by atoms with Crippen molar-refractivity contribution in [2.45, 2.75) is 13.1 Å². The van der Waals surface area contributed by atoms with Crippen molar-refractivity contribution in [3.8, 4) is 0 Å². The molecule has 2 N–H and O–H groups in total. The maximum Gasteiger partial charge on any atom is 0.127 e. The van der Waals surface area contributed by atoms with Gasteiger partial charge in [-0.3, -0.25) is 0 Å². The molecule has 2 rings (SSSR count). The number of hydrogen-bond acceptors (Lipinski definition) is 0. The molecule has 0 aliphatic heterocycles. The van der Waals surface area contributed by atoms with Crippen LogP contribution in [0.2, 0.25) is 0 Å². The molecular formula is C18H25FN2+2. The lowest BCUT2D eigenvalue weighted by atomic mass is 10.1. The van der Waals surface area contributed by atoms with Gasteiger partial charge in [0.05, 0.1) is 14.1 Å². The number of benzene rings is 2. The van der Waals surface area contributed by atoms with Crippen molar-refractivity contribution in [1.29, 1.82) is 0 Å². The molecule has 1 unspecified atom stereocenters. The van der Waals surface area contributed by atoms with Gasteiger partial charge < -0.3 is 9.80 Å². The third-order valence-electron chi connectivity index (χ3n) is 3.64. The van der Waals surface area contributed by atoms with E-state index in [1.165, 1.54) is 20.9 Å². The van der Waals surface area contributed by atoms with Gasteiger partial charge in [0.15, 0.2) is 0 Å². The van der Waals surface area contributed by atoms with E-state index in [1.54, 1.807) is 12.1 Å². The van der Waals surface area contributed by atoms with Gasteiger partial charge in [0.1, 0.15) is 32.0 Å². The average molecular weight is 288 g/mol. The van der Waals surface area contributed by atoms with E-state index in [-0.39, 0.29) is 5.82 Å². The van der Waals surface area contributed by atoms with Gasteiger partial charge >= 0.3 is 0 Å². The average Bonchev–Trinajstić information content (AvgIpc) is 2.48. The SMILES string of the molecule is C[NH+](C)CC[NH+](Cc1ccccc1)Cc1ccc(F)cc1. The second kappa shape index (κ2) is 7.91. The fraction of sp³-hybridized carbons (Fsp3) is 0.333. The van der Waals surface area contributed by atoms with E-state index >= 15 is 0 Å². The Morgan fingerprint density at radius 2 is 1.33 bits per heavy atom. The molecule has 0 aromatic heterocycles. The predicted molar refractivity (Wildman–Crippen MR) is 83.8 cm³/mol. The second-order valence-electron chi connectivity index (χ2n) is 5.92. The Balaban J connectivity index is 2.02. The molecule has 0 radical (unpaired) electrons. The van der Waals surface area contributed by atoms with Crippen LogP contribution in [0.15, 0.2) is 54.6 Å². The first-order chi connectivity index (χ1) is 10.1. The van der Waals surface area contributed by atoms with Crippen molar-refractivity contribution >= 4 is 0 Å². The van der Waals surface area contributed by atoms with Crippen LogP contribution in [0.1, 0.15) is 11.1 Å². The van der Waals surface area contributed by atoms with Crippen LogP contribution in [-0.4, -0.2) is 27.2 Å². The Hall–Kier alpha value is -1.71. The molecule has 0 bridgehead atoms. The first-order valence-electron chi connectivity index (χ1n) is 7.54. The minimum Gasteiger partial charge on any atom is -0.335 e. The highest BCUT2D eigenvalue weighted by molar-refractivity contribution is 5.15. The number of quaternary nitrogens is 2. The first kappa shape index (κ1) is 15.7. The maximum atomic E-state index is 13.0. The van der Waals surface area contributed by atoms with Crippen LogP contribution in [0.3, 0.4) is 0 Å². The summed E-state index contributed by atoms with van der Waals surface area (Å²) in [5.41, 5.74) is 2.54. The van der Waals surface area contributed by atoms with Crippen molar-refractivity contribution < 1.29 is 14.2 Å². The van der Waals surface area contributed by atoms with E-state index in [4.69, 9.17) is 0 Å². The second-order valence-corrected chi connectivity index (χ2v) is 5.92. The van der Waals surface area contributed by atoms with E-state index in [1.807, 2.05) is 18.2 Å². The molecule has 0 aliphatic rings. The molecule has 112 valence electrons. The Morgan fingerprint density at radius 1 is 0.762 bits per heavy atom. The number of halogens is 1. The molecule has 0 spiro atoms. The zero-order valence-electron chi connectivity index (χ0n) is 12.9. The normalized spacial score (nSPS) is 12.6. The molecule has 0 saturated carbocycles. The summed E-state index contributed by atoms with van der Waals surface area (Å²) in [6.45, 7) is 4.17. The monoisotopic (exact) mass is 288 g/mol. The fourth-order valence-electron chi connectivity index (χ4n) is 2.44. The molecule has 21 heavy (non-hydrogen) atoms. The van der Waals surface area contributed by atoms with Gasteiger partial charge in [-0.2, -0.15) is 0 Å². The molecule has 0 fully saturated rings. The summed E-state index contributed by atoms with van der Waals surface area (Å²) >= 11 is 0. The Morgan fingerprint density at radius 3 is 1.90 bits per heavy atom. The number of rotatable bonds is 7. The maximum absolute atomic E-state index is 13.0. The minimum absolute atomic E-state index is 0.166. The van der Waals surface area contributed by atoms with Crippen LogP contribution in [0, 0.1) is 5.82 Å². The van der Waals surface area contributed by atoms with Crippen LogP contribution in [0.5, 0.6) is 0 Å². The van der Waals surface area contributed by atoms with Gasteiger partial charge in [0, 0.05) is 11.1 Å². The standard InChI is InChI=1S/C18H23FN2/c1-20(2)12-13-21(14-16-6-4-3-5-7-16)15-17-8-10-18(19)11-9-17/h3-11H,12-15H2,1-2H3/p+2. The highest BCUT2D eigenvalue weighted by Crippen LogP contribution is 2.01. The van der Waals surface area contributed by atoms with Gasteiger partial charge in [-0.05, 0) is 12.1 Å². The van der Waals surface area contributed by atoms with E-state index in [0.717, 1.165) is 26.2 Å². The zero-order valence-corrected chi connectivity index (χ0v) is 12.9. The molecule has 3 heteroatoms. The lowest BCUT2D eigenvalue weighted by Crippen LogP contribution is -3.16. The molecule has 2 aromatic carbocycles. The Kier molecular flexibility index (Phi) is 5.90. The number of nitrogens with one attached hydrogen (secondary N) is 2. The molecule has 0 heterocycles. The quantitative estimate of drug-likeness (QED) is 0.736. The first-order valence-corrected chi connectivity index (χ1v) is 7.54. The van der Waals surface area contributed by atoms with Gasteiger partial charge in [0.25, 0.3) is 0 Å². The summed E-state index contributed by atoms with van der Waals surface area (Å²) in [5.74, 6) is -0.166. The molecule has 0 aliphatic carbocycles. The van der Waals surface area contributed by atoms with E-state index in [9.17, 15) is 4.39 Å². The summed E-state index contributed by atoms with van der Waals surface area (Å²) in [4.78, 5) is 2.97. The molecule has 0 amide bonds. The van der Waals surface area contributed by atoms with Crippen molar-refractivity contribution in [1.82, 2.24) is 0 Å². The van der Waals surface area contributed by atoms with E-state index in [0.29, 0.717) is 0 Å². The number of hydrogen-bond donors (Lipinski definition) is 2. The van der Waals surface area contributed by atoms with Crippen LogP contribution in [-0.2, 0) is 13.1 Å². The fourth-order valence-corrected chi connectivity index (χ4v) is 2.44. The van der Waals surface area contributed by atoms with Crippen LogP contribution < -0.4 is 9.80 Å². The van der Waals surface area contributed by atoms with Crippen LogP contribution in [0.25, 0.3) is 0 Å². The van der Waals surface area contributed by atoms with Crippen LogP contribution in [0.4, 0.5) is 4.39 Å². The molecule has 0 saturated heterocycles. The summed E-state index contributed by atoms with van der Waals surface area (Å²) in [6.07, 6.45) is 0. The topological polar surface area (TPSA) is 8.88 Å². The summed E-state index contributed by atoms with van der Waals surface area (Å²) in [6, 6.07) is 17.4. The third-order valence-corrected chi connectivity index (χ3v) is 3.64.